The molecule has 0 unspecified atom stereocenters. The third kappa shape index (κ3) is 17.5. The fourth-order valence-electron chi connectivity index (χ4n) is 2.66. The molecule has 0 amide bonds. The highest BCUT2D eigenvalue weighted by atomic mass is 16.6. The van der Waals surface area contributed by atoms with Gasteiger partial charge in [0.15, 0.2) is 0 Å². The maximum atomic E-state index is 11.3. The summed E-state index contributed by atoms with van der Waals surface area (Å²) < 4.78 is 10.3. The molecule has 0 fully saturated rings. The molecular weight excluding hydrogens is 332 g/mol. The standard InChI is InChI=1S/C21H38O5/c1-3-4-5-6-7-8-9-10-11-12-13-14-15-25-16-17-26-20(22)18-19(2)21(23)24/h2-18H2,1H3,(H,23,24). The summed E-state index contributed by atoms with van der Waals surface area (Å²) >= 11 is 0. The molecule has 0 heterocycles. The molecule has 1 N–H and O–H groups in total. The van der Waals surface area contributed by atoms with Crippen molar-refractivity contribution in [2.45, 2.75) is 90.4 Å². The molecule has 0 aromatic rings. The van der Waals surface area contributed by atoms with E-state index in [0.29, 0.717) is 13.2 Å². The Morgan fingerprint density at radius 1 is 0.769 bits per heavy atom. The summed E-state index contributed by atoms with van der Waals surface area (Å²) in [5.41, 5.74) is -0.160. The number of rotatable bonds is 19. The molecule has 0 aliphatic rings. The van der Waals surface area contributed by atoms with Crippen molar-refractivity contribution in [2.75, 3.05) is 19.8 Å². The Bertz CT molecular complexity index is 379. The summed E-state index contributed by atoms with van der Waals surface area (Å²) in [4.78, 5) is 21.8. The van der Waals surface area contributed by atoms with Crippen molar-refractivity contribution in [3.63, 3.8) is 0 Å². The number of carbonyl (C=O) groups is 2. The molecule has 0 saturated heterocycles. The van der Waals surface area contributed by atoms with Crippen LogP contribution in [0.1, 0.15) is 90.4 Å². The number of ether oxygens (including phenoxy) is 2. The van der Waals surface area contributed by atoms with Gasteiger partial charge in [-0.15, -0.1) is 0 Å². The van der Waals surface area contributed by atoms with Crippen LogP contribution >= 0.6 is 0 Å². The van der Waals surface area contributed by atoms with Gasteiger partial charge in [0.05, 0.1) is 13.0 Å². The van der Waals surface area contributed by atoms with Crippen LogP contribution in [0.15, 0.2) is 12.2 Å². The molecule has 152 valence electrons. The van der Waals surface area contributed by atoms with Gasteiger partial charge in [-0.05, 0) is 6.42 Å². The van der Waals surface area contributed by atoms with Gasteiger partial charge in [0.2, 0.25) is 0 Å². The Balaban J connectivity index is 3.19. The Labute approximate surface area is 159 Å². The minimum Gasteiger partial charge on any atom is -0.478 e. The highest BCUT2D eigenvalue weighted by molar-refractivity contribution is 5.91. The number of carbonyl (C=O) groups excluding carboxylic acids is 1. The number of esters is 1. The second kappa shape index (κ2) is 18.4. The average Bonchev–Trinajstić information content (AvgIpc) is 2.61. The minimum absolute atomic E-state index is 0.157. The first-order valence-corrected chi connectivity index (χ1v) is 10.2. The van der Waals surface area contributed by atoms with Gasteiger partial charge >= 0.3 is 11.9 Å². The van der Waals surface area contributed by atoms with Gasteiger partial charge in [0.25, 0.3) is 0 Å². The molecule has 0 spiro atoms. The molecule has 0 aromatic carbocycles. The summed E-state index contributed by atoms with van der Waals surface area (Å²) in [7, 11) is 0. The van der Waals surface area contributed by atoms with E-state index in [9.17, 15) is 9.59 Å². The Morgan fingerprint density at radius 3 is 1.77 bits per heavy atom. The quantitative estimate of drug-likeness (QED) is 0.190. The number of carboxylic acid groups (broad SMARTS) is 1. The van der Waals surface area contributed by atoms with Gasteiger partial charge in [-0.25, -0.2) is 4.79 Å². The van der Waals surface area contributed by atoms with Crippen LogP contribution < -0.4 is 0 Å². The van der Waals surface area contributed by atoms with Crippen LogP contribution in [0.3, 0.4) is 0 Å². The van der Waals surface area contributed by atoms with E-state index in [0.717, 1.165) is 6.42 Å². The van der Waals surface area contributed by atoms with Crippen molar-refractivity contribution in [1.29, 1.82) is 0 Å². The summed E-state index contributed by atoms with van der Waals surface area (Å²) in [6.07, 6.45) is 15.4. The molecule has 0 rings (SSSR count). The fourth-order valence-corrected chi connectivity index (χ4v) is 2.66. The van der Waals surface area contributed by atoms with Crippen LogP contribution in [0.5, 0.6) is 0 Å². The number of aliphatic carboxylic acids is 1. The second-order valence-corrected chi connectivity index (χ2v) is 6.81. The molecule has 0 aliphatic heterocycles. The highest BCUT2D eigenvalue weighted by Crippen LogP contribution is 2.11. The van der Waals surface area contributed by atoms with E-state index in [4.69, 9.17) is 14.6 Å². The Hall–Kier alpha value is -1.36. The van der Waals surface area contributed by atoms with Gasteiger partial charge < -0.3 is 14.6 Å². The zero-order chi connectivity index (χ0) is 19.5. The summed E-state index contributed by atoms with van der Waals surface area (Å²) in [5, 5.41) is 8.61. The minimum atomic E-state index is -1.18. The smallest absolute Gasteiger partial charge is 0.331 e. The molecule has 5 nitrogen and oxygen atoms in total. The van der Waals surface area contributed by atoms with Crippen LogP contribution in [0.4, 0.5) is 0 Å². The van der Waals surface area contributed by atoms with Gasteiger partial charge in [0.1, 0.15) is 6.61 Å². The third-order valence-corrected chi connectivity index (χ3v) is 4.29. The van der Waals surface area contributed by atoms with E-state index in [-0.39, 0.29) is 18.6 Å². The summed E-state index contributed by atoms with van der Waals surface area (Å²) in [6.45, 7) is 6.72. The number of unbranched alkanes of at least 4 members (excludes halogenated alkanes) is 11. The molecule has 0 radical (unpaired) electrons. The topological polar surface area (TPSA) is 72.8 Å². The van der Waals surface area contributed by atoms with E-state index in [1.54, 1.807) is 0 Å². The van der Waals surface area contributed by atoms with E-state index in [1.807, 2.05) is 0 Å². The maximum Gasteiger partial charge on any atom is 0.331 e. The van der Waals surface area contributed by atoms with E-state index in [1.165, 1.54) is 70.6 Å². The first kappa shape index (κ1) is 24.6. The molecule has 0 aromatic heterocycles. The molecular formula is C21H38O5. The van der Waals surface area contributed by atoms with E-state index in [2.05, 4.69) is 13.5 Å². The van der Waals surface area contributed by atoms with Crippen molar-refractivity contribution in [3.05, 3.63) is 12.2 Å². The Morgan fingerprint density at radius 2 is 1.27 bits per heavy atom. The predicted octanol–water partition coefficient (Wildman–Crippen LogP) is 5.28. The second-order valence-electron chi connectivity index (χ2n) is 6.81. The lowest BCUT2D eigenvalue weighted by Crippen LogP contribution is -2.13. The number of hydrogen-bond acceptors (Lipinski definition) is 4. The van der Waals surface area contributed by atoms with Crippen molar-refractivity contribution < 1.29 is 24.2 Å². The zero-order valence-electron chi connectivity index (χ0n) is 16.6. The lowest BCUT2D eigenvalue weighted by atomic mass is 10.1. The number of carboxylic acids is 1. The van der Waals surface area contributed by atoms with Crippen LogP contribution in [-0.4, -0.2) is 36.9 Å². The third-order valence-electron chi connectivity index (χ3n) is 4.29. The highest BCUT2D eigenvalue weighted by Gasteiger charge is 2.10. The lowest BCUT2D eigenvalue weighted by molar-refractivity contribution is -0.146. The SMILES string of the molecule is C=C(CC(=O)OCCOCCCCCCCCCCCCCC)C(=O)O. The summed E-state index contributed by atoms with van der Waals surface area (Å²) in [5.74, 6) is -1.75. The van der Waals surface area contributed by atoms with Gasteiger partial charge in [-0.1, -0.05) is 84.1 Å². The van der Waals surface area contributed by atoms with Crippen LogP contribution in [0.2, 0.25) is 0 Å². The molecule has 5 heteroatoms. The summed E-state index contributed by atoms with van der Waals surface area (Å²) in [6, 6.07) is 0. The normalized spacial score (nSPS) is 10.7. The molecule has 0 saturated carbocycles. The monoisotopic (exact) mass is 370 g/mol. The van der Waals surface area contributed by atoms with Crippen LogP contribution in [0, 0.1) is 0 Å². The van der Waals surface area contributed by atoms with Crippen molar-refractivity contribution in [3.8, 4) is 0 Å². The van der Waals surface area contributed by atoms with Crippen LogP contribution in [0.25, 0.3) is 0 Å². The van der Waals surface area contributed by atoms with Gasteiger partial charge in [-0.2, -0.15) is 0 Å². The van der Waals surface area contributed by atoms with Crippen molar-refractivity contribution in [2.24, 2.45) is 0 Å². The predicted molar refractivity (Wildman–Crippen MR) is 104 cm³/mol. The first-order chi connectivity index (χ1) is 12.6. The molecule has 0 aliphatic carbocycles. The lowest BCUT2D eigenvalue weighted by Gasteiger charge is -2.06. The molecule has 0 atom stereocenters. The van der Waals surface area contributed by atoms with Crippen LogP contribution in [-0.2, 0) is 19.1 Å². The van der Waals surface area contributed by atoms with Crippen molar-refractivity contribution >= 4 is 11.9 Å². The zero-order valence-corrected chi connectivity index (χ0v) is 16.6. The largest absolute Gasteiger partial charge is 0.478 e. The fraction of sp³-hybridized carbons (Fsp3) is 0.810. The molecule has 0 bridgehead atoms. The first-order valence-electron chi connectivity index (χ1n) is 10.2. The number of hydrogen-bond donors (Lipinski definition) is 1. The van der Waals surface area contributed by atoms with E-state index >= 15 is 0 Å². The molecule has 26 heavy (non-hydrogen) atoms. The maximum absolute atomic E-state index is 11.3. The Kier molecular flexibility index (Phi) is 17.5. The van der Waals surface area contributed by atoms with Gasteiger partial charge in [-0.3, -0.25) is 4.79 Å². The van der Waals surface area contributed by atoms with Gasteiger partial charge in [0, 0.05) is 12.2 Å². The van der Waals surface area contributed by atoms with Crippen molar-refractivity contribution in [1.82, 2.24) is 0 Å². The average molecular weight is 371 g/mol. The van der Waals surface area contributed by atoms with E-state index < -0.39 is 11.9 Å².